The van der Waals surface area contributed by atoms with Crippen molar-refractivity contribution in [2.75, 3.05) is 37.0 Å². The van der Waals surface area contributed by atoms with Gasteiger partial charge in [0.25, 0.3) is 10.0 Å². The van der Waals surface area contributed by atoms with Gasteiger partial charge in [-0.3, -0.25) is 0 Å². The lowest BCUT2D eigenvalue weighted by Gasteiger charge is -2.41. The van der Waals surface area contributed by atoms with Crippen LogP contribution in [0.25, 0.3) is 0 Å². The van der Waals surface area contributed by atoms with Gasteiger partial charge < -0.3 is 31.4 Å². The highest BCUT2D eigenvalue weighted by molar-refractivity contribution is 7.99. The Bertz CT molecular complexity index is 1350. The largest absolute Gasteiger partial charge is 0.393 e. The Morgan fingerprint density at radius 2 is 2.05 bits per heavy atom. The standard InChI is InChI=1S/C24H31ClN8O4S2/c1-15-22(27)24(14-37-15)6-8-33(9-7-24)19-12-30-20(13-29-19)38-18-5-3-4-17(21(18)25)31-23(34)32-39(35,36)16(10-26)11-28-2/h3-5,10-13,15,22,26,28H,6-9,14,27H2,1-2H3,(H2,31,32,34)/b16-11+,26-10?/t15-,22+/m0/s1. The SMILES string of the molecule is CN/C=C(\C=N)S(=O)(=O)NC(=O)Nc1cccc(Sc2cnc(N3CCC4(CC3)CO[C@@H](C)[C@H]4N)cn2)c1Cl. The second-order valence-corrected chi connectivity index (χ2v) is 12.5. The quantitative estimate of drug-likeness (QED) is 0.286. The highest BCUT2D eigenvalue weighted by Gasteiger charge is 2.47. The summed E-state index contributed by atoms with van der Waals surface area (Å²) >= 11 is 7.76. The molecule has 3 heterocycles. The van der Waals surface area contributed by atoms with Crippen LogP contribution in [-0.4, -0.2) is 69.5 Å². The second kappa shape index (κ2) is 12.1. The maximum atomic E-state index is 12.3. The maximum Gasteiger partial charge on any atom is 0.333 e. The third kappa shape index (κ3) is 6.47. The Morgan fingerprint density at radius 3 is 2.64 bits per heavy atom. The van der Waals surface area contributed by atoms with Crippen LogP contribution in [0.4, 0.5) is 16.3 Å². The lowest BCUT2D eigenvalue weighted by atomic mass is 9.73. The van der Waals surface area contributed by atoms with Gasteiger partial charge in [0.15, 0.2) is 0 Å². The molecule has 0 aliphatic carbocycles. The minimum absolute atomic E-state index is 0.0296. The molecule has 0 unspecified atom stereocenters. The van der Waals surface area contributed by atoms with Crippen molar-refractivity contribution in [2.24, 2.45) is 11.1 Å². The van der Waals surface area contributed by atoms with E-state index >= 15 is 0 Å². The molecule has 1 spiro atoms. The molecule has 2 atom stereocenters. The molecule has 0 saturated carbocycles. The zero-order chi connectivity index (χ0) is 28.2. The van der Waals surface area contributed by atoms with E-state index in [0.29, 0.717) is 22.7 Å². The normalized spacial score (nSPS) is 21.0. The third-order valence-corrected chi connectivity index (χ3v) is 9.75. The third-order valence-electron chi connectivity index (χ3n) is 6.94. The Kier molecular flexibility index (Phi) is 9.01. The summed E-state index contributed by atoms with van der Waals surface area (Å²) in [6.07, 6.45) is 7.05. The number of sulfonamides is 1. The molecule has 2 saturated heterocycles. The van der Waals surface area contributed by atoms with Gasteiger partial charge in [-0.15, -0.1) is 0 Å². The van der Waals surface area contributed by atoms with Gasteiger partial charge in [0.1, 0.15) is 15.7 Å². The van der Waals surface area contributed by atoms with Gasteiger partial charge in [0, 0.05) is 48.9 Å². The summed E-state index contributed by atoms with van der Waals surface area (Å²) in [5, 5.41) is 13.0. The van der Waals surface area contributed by atoms with Crippen LogP contribution in [0.2, 0.25) is 5.02 Å². The molecule has 1 aromatic heterocycles. The van der Waals surface area contributed by atoms with E-state index in [1.54, 1.807) is 30.6 Å². The van der Waals surface area contributed by atoms with Crippen LogP contribution in [0, 0.1) is 10.8 Å². The maximum absolute atomic E-state index is 12.3. The van der Waals surface area contributed by atoms with Gasteiger partial charge in [-0.05, 0) is 31.9 Å². The molecule has 1 aromatic carbocycles. The summed E-state index contributed by atoms with van der Waals surface area (Å²) in [6, 6.07) is 3.99. The number of halogens is 1. The fourth-order valence-electron chi connectivity index (χ4n) is 4.65. The van der Waals surface area contributed by atoms with E-state index < -0.39 is 21.0 Å². The molecule has 2 aliphatic rings. The van der Waals surface area contributed by atoms with Crippen LogP contribution >= 0.6 is 23.4 Å². The van der Waals surface area contributed by atoms with E-state index in [1.807, 2.05) is 11.6 Å². The van der Waals surface area contributed by atoms with Crippen LogP contribution in [0.1, 0.15) is 19.8 Å². The number of hydrogen-bond donors (Lipinski definition) is 5. The molecule has 2 aromatic rings. The lowest BCUT2D eigenvalue weighted by molar-refractivity contribution is 0.0974. The molecule has 0 bridgehead atoms. The molecular formula is C24H31ClN8O4S2. The van der Waals surface area contributed by atoms with E-state index in [2.05, 4.69) is 25.5 Å². The first-order valence-corrected chi connectivity index (χ1v) is 14.9. The summed E-state index contributed by atoms with van der Waals surface area (Å²) in [4.78, 5) is 23.9. The van der Waals surface area contributed by atoms with Gasteiger partial charge in [-0.2, -0.15) is 0 Å². The number of carbonyl (C=O) groups is 1. The highest BCUT2D eigenvalue weighted by Crippen LogP contribution is 2.42. The van der Waals surface area contributed by atoms with Gasteiger partial charge in [0.05, 0.1) is 35.8 Å². The zero-order valence-corrected chi connectivity index (χ0v) is 23.9. The number of anilines is 2. The van der Waals surface area contributed by atoms with Crippen LogP contribution in [0.15, 0.2) is 51.6 Å². The molecule has 6 N–H and O–H groups in total. The van der Waals surface area contributed by atoms with E-state index in [-0.39, 0.29) is 28.3 Å². The van der Waals surface area contributed by atoms with Gasteiger partial charge in [-0.25, -0.2) is 27.9 Å². The minimum atomic E-state index is -4.24. The van der Waals surface area contributed by atoms with E-state index in [9.17, 15) is 13.2 Å². The monoisotopic (exact) mass is 594 g/mol. The summed E-state index contributed by atoms with van der Waals surface area (Å²) in [6.45, 7) is 4.39. The average molecular weight is 595 g/mol. The van der Waals surface area contributed by atoms with Crippen molar-refractivity contribution in [3.05, 3.63) is 46.7 Å². The number of nitrogens with one attached hydrogen (secondary N) is 4. The number of benzene rings is 1. The number of allylic oxidation sites excluding steroid dienone is 1. The molecule has 39 heavy (non-hydrogen) atoms. The number of nitrogens with zero attached hydrogens (tertiary/aromatic N) is 3. The number of rotatable bonds is 8. The fourth-order valence-corrected chi connectivity index (χ4v) is 6.56. The predicted molar refractivity (Wildman–Crippen MR) is 152 cm³/mol. The van der Waals surface area contributed by atoms with Gasteiger partial charge in [0.2, 0.25) is 0 Å². The number of aromatic nitrogens is 2. The number of urea groups is 1. The Morgan fingerprint density at radius 1 is 1.31 bits per heavy atom. The van der Waals surface area contributed by atoms with Crippen molar-refractivity contribution in [3.8, 4) is 0 Å². The highest BCUT2D eigenvalue weighted by atomic mass is 35.5. The second-order valence-electron chi connectivity index (χ2n) is 9.36. The lowest BCUT2D eigenvalue weighted by Crippen LogP contribution is -2.50. The summed E-state index contributed by atoms with van der Waals surface area (Å²) in [7, 11) is -2.76. The molecule has 2 fully saturated rings. The predicted octanol–water partition coefficient (Wildman–Crippen LogP) is 2.78. The van der Waals surface area contributed by atoms with Crippen molar-refractivity contribution in [2.45, 2.75) is 41.8 Å². The molecule has 15 heteroatoms. The van der Waals surface area contributed by atoms with Gasteiger partial charge >= 0.3 is 6.03 Å². The molecule has 0 radical (unpaired) electrons. The Balaban J connectivity index is 1.38. The van der Waals surface area contributed by atoms with E-state index in [0.717, 1.165) is 37.9 Å². The van der Waals surface area contributed by atoms with Crippen molar-refractivity contribution < 1.29 is 17.9 Å². The number of piperidine rings is 1. The van der Waals surface area contributed by atoms with Crippen LogP contribution in [-0.2, 0) is 14.8 Å². The van der Waals surface area contributed by atoms with Gasteiger partial charge in [-0.1, -0.05) is 29.4 Å². The first-order chi connectivity index (χ1) is 18.6. The number of ether oxygens (including phenoxy) is 1. The minimum Gasteiger partial charge on any atom is -0.393 e. The first-order valence-electron chi connectivity index (χ1n) is 12.2. The number of nitrogens with two attached hydrogens (primary N) is 1. The number of carbonyl (C=O) groups excluding carboxylic acids is 1. The first kappa shape index (κ1) is 29.1. The van der Waals surface area contributed by atoms with Crippen LogP contribution in [0.5, 0.6) is 0 Å². The number of amides is 2. The molecule has 12 nitrogen and oxygen atoms in total. The topological polar surface area (TPSA) is 175 Å². The Hall–Kier alpha value is -2.91. The molecule has 2 amide bonds. The fraction of sp³-hybridized carbons (Fsp3) is 0.417. The van der Waals surface area contributed by atoms with Crippen molar-refractivity contribution >= 4 is 57.1 Å². The average Bonchev–Trinajstić information content (AvgIpc) is 3.18. The zero-order valence-electron chi connectivity index (χ0n) is 21.5. The summed E-state index contributed by atoms with van der Waals surface area (Å²) < 4.78 is 32.2. The molecule has 4 rings (SSSR count). The summed E-state index contributed by atoms with van der Waals surface area (Å²) in [5.41, 5.74) is 6.66. The smallest absolute Gasteiger partial charge is 0.333 e. The molecular weight excluding hydrogens is 564 g/mol. The Labute approximate surface area is 236 Å². The van der Waals surface area contributed by atoms with Crippen molar-refractivity contribution in [1.82, 2.24) is 20.0 Å². The van der Waals surface area contributed by atoms with E-state index in [1.165, 1.54) is 18.8 Å². The van der Waals surface area contributed by atoms with Crippen molar-refractivity contribution in [3.63, 3.8) is 0 Å². The molecule has 210 valence electrons. The van der Waals surface area contributed by atoms with Crippen LogP contribution < -0.4 is 26.0 Å². The summed E-state index contributed by atoms with van der Waals surface area (Å²) in [5.74, 6) is 0.783. The van der Waals surface area contributed by atoms with Crippen molar-refractivity contribution in [1.29, 1.82) is 5.41 Å². The van der Waals surface area contributed by atoms with Crippen LogP contribution in [0.3, 0.4) is 0 Å². The van der Waals surface area contributed by atoms with E-state index in [4.69, 9.17) is 27.5 Å². The number of hydrogen-bond acceptors (Lipinski definition) is 11. The molecule has 2 aliphatic heterocycles.